The van der Waals surface area contributed by atoms with Crippen molar-refractivity contribution in [2.24, 2.45) is 0 Å². The van der Waals surface area contributed by atoms with Crippen molar-refractivity contribution in [3.05, 3.63) is 94.5 Å². The van der Waals surface area contributed by atoms with Crippen molar-refractivity contribution in [3.63, 3.8) is 0 Å². The predicted molar refractivity (Wildman–Crippen MR) is 173 cm³/mol. The Balaban J connectivity index is 1.91. The summed E-state index contributed by atoms with van der Waals surface area (Å²) in [5.41, 5.74) is 2.76. The lowest BCUT2D eigenvalue weighted by Crippen LogP contribution is -2.54. The average molecular weight is 628 g/mol. The van der Waals surface area contributed by atoms with Gasteiger partial charge in [0, 0.05) is 31.5 Å². The van der Waals surface area contributed by atoms with E-state index in [0.29, 0.717) is 17.9 Å². The zero-order valence-electron chi connectivity index (χ0n) is 25.8. The minimum Gasteiger partial charge on any atom is -0.495 e. The summed E-state index contributed by atoms with van der Waals surface area (Å²) in [5, 5.41) is 3.34. The molecule has 0 bridgehead atoms. The maximum absolute atomic E-state index is 14.0. The molecule has 3 aromatic carbocycles. The van der Waals surface area contributed by atoms with Gasteiger partial charge in [-0.2, -0.15) is 0 Å². The molecule has 3 rings (SSSR count). The lowest BCUT2D eigenvalue weighted by atomic mass is 10.00. The van der Waals surface area contributed by atoms with E-state index in [1.165, 1.54) is 17.5 Å². The van der Waals surface area contributed by atoms with Gasteiger partial charge in [-0.05, 0) is 63.4 Å². The number of carbonyl (C=O) groups is 2. The second kappa shape index (κ2) is 14.8. The van der Waals surface area contributed by atoms with E-state index >= 15 is 0 Å². The van der Waals surface area contributed by atoms with Crippen molar-refractivity contribution in [1.82, 2.24) is 10.2 Å². The number of hydrogen-bond donors (Lipinski definition) is 1. The van der Waals surface area contributed by atoms with Gasteiger partial charge < -0.3 is 15.0 Å². The van der Waals surface area contributed by atoms with Gasteiger partial charge in [-0.1, -0.05) is 71.8 Å². The lowest BCUT2D eigenvalue weighted by Gasteiger charge is -2.34. The van der Waals surface area contributed by atoms with Gasteiger partial charge in [0.1, 0.15) is 11.8 Å². The molecular formula is C33H42ClN3O5S. The number of nitrogens with one attached hydrogen (secondary N) is 1. The molecule has 0 spiro atoms. The monoisotopic (exact) mass is 627 g/mol. The number of sulfonamides is 1. The molecule has 0 fully saturated rings. The summed E-state index contributed by atoms with van der Waals surface area (Å²) < 4.78 is 31.9. The summed E-state index contributed by atoms with van der Waals surface area (Å²) in [6.45, 7) is 7.99. The molecule has 0 heterocycles. The van der Waals surface area contributed by atoms with Crippen molar-refractivity contribution in [1.29, 1.82) is 0 Å². The van der Waals surface area contributed by atoms with Crippen molar-refractivity contribution < 1.29 is 22.7 Å². The number of nitrogens with zero attached hydrogens (tertiary/aromatic N) is 2. The van der Waals surface area contributed by atoms with Crippen LogP contribution in [0.2, 0.25) is 5.02 Å². The van der Waals surface area contributed by atoms with Crippen LogP contribution in [0.1, 0.15) is 50.3 Å². The SMILES string of the molecule is COc1ccc(N(CCCC(=O)N(Cc2cccc(C)c2)[C@@H](Cc2ccccc2)C(=O)NC(C)(C)C)S(C)(=O)=O)cc1Cl. The molecule has 1 N–H and O–H groups in total. The number of hydrogen-bond acceptors (Lipinski definition) is 5. The summed E-state index contributed by atoms with van der Waals surface area (Å²) in [4.78, 5) is 29.3. The minimum atomic E-state index is -3.67. The number of amides is 2. The molecule has 1 atom stereocenters. The highest BCUT2D eigenvalue weighted by Crippen LogP contribution is 2.30. The Labute approximate surface area is 261 Å². The van der Waals surface area contributed by atoms with Gasteiger partial charge in [-0.25, -0.2) is 8.42 Å². The summed E-state index contributed by atoms with van der Waals surface area (Å²) in [6, 6.07) is 21.4. The van der Waals surface area contributed by atoms with Crippen LogP contribution in [-0.4, -0.2) is 56.6 Å². The molecule has 0 aromatic heterocycles. The zero-order valence-corrected chi connectivity index (χ0v) is 27.3. The van der Waals surface area contributed by atoms with Gasteiger partial charge in [0.15, 0.2) is 0 Å². The Morgan fingerprint density at radius 3 is 2.23 bits per heavy atom. The molecule has 8 nitrogen and oxygen atoms in total. The molecule has 0 aliphatic carbocycles. The van der Waals surface area contributed by atoms with E-state index in [4.69, 9.17) is 16.3 Å². The number of aryl methyl sites for hydroxylation is 1. The molecule has 0 saturated carbocycles. The highest BCUT2D eigenvalue weighted by Gasteiger charge is 2.32. The van der Waals surface area contributed by atoms with Crippen molar-refractivity contribution in [2.45, 2.75) is 65.1 Å². The molecule has 0 radical (unpaired) electrons. The van der Waals surface area contributed by atoms with E-state index in [1.54, 1.807) is 17.0 Å². The summed E-state index contributed by atoms with van der Waals surface area (Å²) in [7, 11) is -2.19. The van der Waals surface area contributed by atoms with Crippen molar-refractivity contribution >= 4 is 39.1 Å². The number of halogens is 1. The Morgan fingerprint density at radius 1 is 0.977 bits per heavy atom. The van der Waals surface area contributed by atoms with Gasteiger partial charge in [0.05, 0.1) is 24.1 Å². The third-order valence-corrected chi connectivity index (χ3v) is 8.27. The first-order valence-corrected chi connectivity index (χ1v) is 16.4. The van der Waals surface area contributed by atoms with Crippen LogP contribution in [0.4, 0.5) is 5.69 Å². The van der Waals surface area contributed by atoms with Crippen LogP contribution in [0.5, 0.6) is 5.75 Å². The fourth-order valence-electron chi connectivity index (χ4n) is 4.83. The van der Waals surface area contributed by atoms with Gasteiger partial charge in [-0.15, -0.1) is 0 Å². The van der Waals surface area contributed by atoms with E-state index in [0.717, 1.165) is 22.9 Å². The first kappa shape index (κ1) is 33.9. The second-order valence-electron chi connectivity index (χ2n) is 11.7. The molecular weight excluding hydrogens is 586 g/mol. The predicted octanol–water partition coefficient (Wildman–Crippen LogP) is 5.76. The molecule has 0 aliphatic heterocycles. The fourth-order valence-corrected chi connectivity index (χ4v) is 6.04. The minimum absolute atomic E-state index is 0.0375. The number of benzene rings is 3. The van der Waals surface area contributed by atoms with E-state index in [1.807, 2.05) is 82.3 Å². The summed E-state index contributed by atoms with van der Waals surface area (Å²) in [5.74, 6) is -0.0606. The molecule has 3 aromatic rings. The molecule has 232 valence electrons. The van der Waals surface area contributed by atoms with Crippen LogP contribution in [0.3, 0.4) is 0 Å². The first-order chi connectivity index (χ1) is 20.2. The standard InChI is InChI=1S/C33H42ClN3O5S/c1-24-12-10-15-26(20-24)23-36(29(32(39)35-33(2,3)4)21-25-13-8-7-9-14-25)31(38)16-11-19-37(43(6,40)41)27-17-18-30(42-5)28(34)22-27/h7-10,12-15,17-18,20,22,29H,11,16,19,21,23H2,1-6H3,(H,35,39)/t29-/m0/s1. The number of anilines is 1. The van der Waals surface area contributed by atoms with Crippen LogP contribution in [-0.2, 0) is 32.6 Å². The largest absolute Gasteiger partial charge is 0.495 e. The van der Waals surface area contributed by atoms with Gasteiger partial charge in [-0.3, -0.25) is 13.9 Å². The van der Waals surface area contributed by atoms with Gasteiger partial charge >= 0.3 is 0 Å². The molecule has 0 saturated heterocycles. The lowest BCUT2D eigenvalue weighted by molar-refractivity contribution is -0.142. The Hall–Kier alpha value is -3.56. The molecule has 10 heteroatoms. The van der Waals surface area contributed by atoms with Crippen LogP contribution < -0.4 is 14.4 Å². The van der Waals surface area contributed by atoms with E-state index < -0.39 is 21.6 Å². The molecule has 2 amide bonds. The van der Waals surface area contributed by atoms with Crippen LogP contribution in [0.15, 0.2) is 72.8 Å². The van der Waals surface area contributed by atoms with E-state index in [2.05, 4.69) is 5.32 Å². The third-order valence-electron chi connectivity index (χ3n) is 6.78. The Bertz CT molecular complexity index is 1510. The van der Waals surface area contributed by atoms with E-state index in [-0.39, 0.29) is 42.8 Å². The molecule has 0 aliphatic rings. The maximum Gasteiger partial charge on any atom is 0.243 e. The van der Waals surface area contributed by atoms with Gasteiger partial charge in [0.25, 0.3) is 0 Å². The van der Waals surface area contributed by atoms with Crippen molar-refractivity contribution in [2.75, 3.05) is 24.2 Å². The maximum atomic E-state index is 14.0. The van der Waals surface area contributed by atoms with Crippen LogP contribution in [0, 0.1) is 6.92 Å². The first-order valence-electron chi connectivity index (χ1n) is 14.2. The Morgan fingerprint density at radius 2 is 1.65 bits per heavy atom. The number of carbonyl (C=O) groups excluding carboxylic acids is 2. The van der Waals surface area contributed by atoms with Crippen molar-refractivity contribution in [3.8, 4) is 5.75 Å². The number of rotatable bonds is 13. The Kier molecular flexibility index (Phi) is 11.6. The third kappa shape index (κ3) is 10.3. The molecule has 0 unspecified atom stereocenters. The average Bonchev–Trinajstić information content (AvgIpc) is 2.92. The van der Waals surface area contributed by atoms with Crippen LogP contribution in [0.25, 0.3) is 0 Å². The number of methoxy groups -OCH3 is 1. The quantitative estimate of drug-likeness (QED) is 0.260. The fraction of sp³-hybridized carbons (Fsp3) is 0.394. The normalized spacial score (nSPS) is 12.3. The summed E-state index contributed by atoms with van der Waals surface area (Å²) in [6.07, 6.45) is 1.72. The zero-order chi connectivity index (χ0) is 31.8. The van der Waals surface area contributed by atoms with Gasteiger partial charge in [0.2, 0.25) is 21.8 Å². The summed E-state index contributed by atoms with van der Waals surface area (Å²) >= 11 is 6.27. The topological polar surface area (TPSA) is 96.0 Å². The van der Waals surface area contributed by atoms with E-state index in [9.17, 15) is 18.0 Å². The molecule has 43 heavy (non-hydrogen) atoms. The second-order valence-corrected chi connectivity index (χ2v) is 14.0. The smallest absolute Gasteiger partial charge is 0.243 e. The number of ether oxygens (including phenoxy) is 1. The van der Waals surface area contributed by atoms with Crippen LogP contribution >= 0.6 is 11.6 Å². The highest BCUT2D eigenvalue weighted by atomic mass is 35.5. The highest BCUT2D eigenvalue weighted by molar-refractivity contribution is 7.92.